The van der Waals surface area contributed by atoms with Crippen molar-refractivity contribution in [1.82, 2.24) is 0 Å². The van der Waals surface area contributed by atoms with E-state index < -0.39 is 0 Å². The van der Waals surface area contributed by atoms with Crippen LogP contribution < -0.4 is 0 Å². The summed E-state index contributed by atoms with van der Waals surface area (Å²) in [6.07, 6.45) is 11.6. The molecule has 0 aliphatic rings. The highest BCUT2D eigenvalue weighted by atomic mass is 14.7. The molecule has 0 rings (SSSR count). The number of hydrogen-bond donors (Lipinski definition) is 0. The van der Waals surface area contributed by atoms with Crippen LogP contribution in [0.5, 0.6) is 0 Å². The van der Waals surface area contributed by atoms with Crippen LogP contribution in [0.25, 0.3) is 0 Å². The SMILES string of the molecule is C=C/C=C(\C=C/C)C(=C)/C=C\C(C)=NC. The van der Waals surface area contributed by atoms with E-state index in [1.165, 1.54) is 0 Å². The molecule has 0 aromatic heterocycles. The summed E-state index contributed by atoms with van der Waals surface area (Å²) < 4.78 is 0. The Bertz CT molecular complexity index is 338. The lowest BCUT2D eigenvalue weighted by atomic mass is 10.1. The molecule has 0 amide bonds. The van der Waals surface area contributed by atoms with Gasteiger partial charge in [0.25, 0.3) is 0 Å². The summed E-state index contributed by atoms with van der Waals surface area (Å²) in [7, 11) is 1.77. The first-order valence-corrected chi connectivity index (χ1v) is 4.91. The van der Waals surface area contributed by atoms with Crippen molar-refractivity contribution in [3.8, 4) is 0 Å². The number of nitrogens with zero attached hydrogens (tertiary/aromatic N) is 1. The molecule has 0 aliphatic carbocycles. The molecule has 0 saturated carbocycles. The molecule has 0 bridgehead atoms. The Morgan fingerprint density at radius 3 is 2.33 bits per heavy atom. The van der Waals surface area contributed by atoms with Crippen LogP contribution in [0.3, 0.4) is 0 Å². The lowest BCUT2D eigenvalue weighted by Crippen LogP contribution is -1.85. The van der Waals surface area contributed by atoms with E-state index in [-0.39, 0.29) is 0 Å². The first kappa shape index (κ1) is 13.4. The lowest BCUT2D eigenvalue weighted by Gasteiger charge is -2.00. The molecule has 0 N–H and O–H groups in total. The lowest BCUT2D eigenvalue weighted by molar-refractivity contribution is 1.43. The van der Waals surface area contributed by atoms with Gasteiger partial charge in [0.2, 0.25) is 0 Å². The van der Waals surface area contributed by atoms with Crippen LogP contribution in [0.1, 0.15) is 13.8 Å². The van der Waals surface area contributed by atoms with Gasteiger partial charge < -0.3 is 0 Å². The van der Waals surface area contributed by atoms with Crippen LogP contribution in [0.4, 0.5) is 0 Å². The van der Waals surface area contributed by atoms with Gasteiger partial charge in [0, 0.05) is 12.8 Å². The molecule has 0 atom stereocenters. The monoisotopic (exact) mass is 201 g/mol. The van der Waals surface area contributed by atoms with E-state index in [9.17, 15) is 0 Å². The largest absolute Gasteiger partial charge is 0.293 e. The molecule has 0 fully saturated rings. The molecule has 0 heterocycles. The van der Waals surface area contributed by atoms with E-state index in [0.717, 1.165) is 16.9 Å². The first-order chi connectivity index (χ1) is 7.15. The van der Waals surface area contributed by atoms with Crippen molar-refractivity contribution >= 4 is 5.71 Å². The third-order valence-corrected chi connectivity index (χ3v) is 1.89. The molecule has 1 heteroatoms. The number of hydrogen-bond acceptors (Lipinski definition) is 1. The van der Waals surface area contributed by atoms with Crippen molar-refractivity contribution in [2.75, 3.05) is 7.05 Å². The van der Waals surface area contributed by atoms with Crippen LogP contribution in [0.15, 0.2) is 65.8 Å². The van der Waals surface area contributed by atoms with Crippen molar-refractivity contribution in [2.45, 2.75) is 13.8 Å². The predicted octanol–water partition coefficient (Wildman–Crippen LogP) is 3.88. The number of rotatable bonds is 5. The smallest absolute Gasteiger partial charge is 0.0314 e. The molecule has 0 aromatic rings. The van der Waals surface area contributed by atoms with Crippen molar-refractivity contribution in [3.63, 3.8) is 0 Å². The molecule has 1 nitrogen and oxygen atoms in total. The van der Waals surface area contributed by atoms with E-state index in [4.69, 9.17) is 0 Å². The molecule has 0 spiro atoms. The van der Waals surface area contributed by atoms with E-state index in [2.05, 4.69) is 18.2 Å². The number of aliphatic imine (C=N–C) groups is 1. The summed E-state index contributed by atoms with van der Waals surface area (Å²) in [4.78, 5) is 4.04. The van der Waals surface area contributed by atoms with Gasteiger partial charge in [0.05, 0.1) is 0 Å². The van der Waals surface area contributed by atoms with Gasteiger partial charge in [0.15, 0.2) is 0 Å². The fourth-order valence-electron chi connectivity index (χ4n) is 0.968. The Morgan fingerprint density at radius 1 is 1.20 bits per heavy atom. The van der Waals surface area contributed by atoms with E-state index in [0.29, 0.717) is 0 Å². The van der Waals surface area contributed by atoms with Crippen molar-refractivity contribution in [3.05, 3.63) is 60.8 Å². The average Bonchev–Trinajstić information content (AvgIpc) is 2.25. The minimum Gasteiger partial charge on any atom is -0.293 e. The maximum Gasteiger partial charge on any atom is 0.0314 e. The summed E-state index contributed by atoms with van der Waals surface area (Å²) in [5, 5.41) is 0. The van der Waals surface area contributed by atoms with Gasteiger partial charge in [-0.2, -0.15) is 0 Å². The molecule has 0 aromatic carbocycles. The van der Waals surface area contributed by atoms with Crippen LogP contribution >= 0.6 is 0 Å². The average molecular weight is 201 g/mol. The molecule has 0 aliphatic heterocycles. The zero-order chi connectivity index (χ0) is 11.7. The van der Waals surface area contributed by atoms with Crippen LogP contribution in [-0.2, 0) is 0 Å². The normalized spacial score (nSPS) is 13.8. The standard InChI is InChI=1S/C14H19N/c1-6-8-14(9-7-2)12(3)10-11-13(4)15-5/h6-11H,1,3H2,2,4-5H3/b9-7-,11-10-,14-8+,15-13?. The quantitative estimate of drug-likeness (QED) is 0.473. The Balaban J connectivity index is 4.75. The summed E-state index contributed by atoms with van der Waals surface area (Å²) in [6, 6.07) is 0. The molecule has 0 unspecified atom stereocenters. The van der Waals surface area contributed by atoms with Gasteiger partial charge in [-0.25, -0.2) is 0 Å². The third kappa shape index (κ3) is 5.63. The zero-order valence-corrected chi connectivity index (χ0v) is 9.83. The van der Waals surface area contributed by atoms with Gasteiger partial charge in [0.1, 0.15) is 0 Å². The Hall–Kier alpha value is -1.63. The summed E-state index contributed by atoms with van der Waals surface area (Å²) >= 11 is 0. The summed E-state index contributed by atoms with van der Waals surface area (Å²) in [5.41, 5.74) is 3.00. The highest BCUT2D eigenvalue weighted by Crippen LogP contribution is 2.11. The minimum atomic E-state index is 0.955. The van der Waals surface area contributed by atoms with Gasteiger partial charge in [-0.15, -0.1) is 0 Å². The maximum absolute atomic E-state index is 4.04. The van der Waals surface area contributed by atoms with E-state index >= 15 is 0 Å². The molecular formula is C14H19N. The predicted molar refractivity (Wildman–Crippen MR) is 70.4 cm³/mol. The Morgan fingerprint density at radius 2 is 1.87 bits per heavy atom. The molecule has 0 radical (unpaired) electrons. The fraction of sp³-hybridized carbons (Fsp3) is 0.214. The van der Waals surface area contributed by atoms with E-state index in [1.54, 1.807) is 13.1 Å². The Labute approximate surface area is 92.9 Å². The highest BCUT2D eigenvalue weighted by Gasteiger charge is 1.93. The fourth-order valence-corrected chi connectivity index (χ4v) is 0.968. The molecule has 0 saturated heterocycles. The van der Waals surface area contributed by atoms with Gasteiger partial charge in [-0.3, -0.25) is 4.99 Å². The van der Waals surface area contributed by atoms with Crippen LogP contribution in [0, 0.1) is 0 Å². The molecular weight excluding hydrogens is 182 g/mol. The molecule has 80 valence electrons. The van der Waals surface area contributed by atoms with Crippen molar-refractivity contribution in [1.29, 1.82) is 0 Å². The second-order valence-electron chi connectivity index (χ2n) is 3.08. The minimum absolute atomic E-state index is 0.955. The van der Waals surface area contributed by atoms with Gasteiger partial charge >= 0.3 is 0 Å². The second kappa shape index (κ2) is 7.74. The summed E-state index contributed by atoms with van der Waals surface area (Å²) in [5.74, 6) is 0. The van der Waals surface area contributed by atoms with Crippen LogP contribution in [-0.4, -0.2) is 12.8 Å². The maximum atomic E-state index is 4.04. The van der Waals surface area contributed by atoms with Gasteiger partial charge in [-0.05, 0) is 31.1 Å². The zero-order valence-electron chi connectivity index (χ0n) is 9.83. The van der Waals surface area contributed by atoms with Crippen molar-refractivity contribution < 1.29 is 0 Å². The van der Waals surface area contributed by atoms with E-state index in [1.807, 2.05) is 44.2 Å². The third-order valence-electron chi connectivity index (χ3n) is 1.89. The topological polar surface area (TPSA) is 12.4 Å². The van der Waals surface area contributed by atoms with Crippen LogP contribution in [0.2, 0.25) is 0 Å². The Kier molecular flexibility index (Phi) is 6.90. The number of allylic oxidation sites excluding steroid dienone is 8. The molecule has 15 heavy (non-hydrogen) atoms. The summed E-state index contributed by atoms with van der Waals surface area (Å²) in [6.45, 7) is 11.6. The highest BCUT2D eigenvalue weighted by molar-refractivity contribution is 5.93. The van der Waals surface area contributed by atoms with Crippen molar-refractivity contribution in [2.24, 2.45) is 4.99 Å². The first-order valence-electron chi connectivity index (χ1n) is 4.91. The van der Waals surface area contributed by atoms with Gasteiger partial charge in [-0.1, -0.05) is 43.5 Å². The second-order valence-corrected chi connectivity index (χ2v) is 3.08.